The maximum atomic E-state index is 11.9. The molecule has 0 unspecified atom stereocenters. The quantitative estimate of drug-likeness (QED) is 0.892. The molecule has 2 aromatic carbocycles. The molecule has 0 heterocycles. The van der Waals surface area contributed by atoms with Crippen LogP contribution in [0.5, 0.6) is 0 Å². The fourth-order valence-electron chi connectivity index (χ4n) is 1.91. The lowest BCUT2D eigenvalue weighted by molar-refractivity contribution is 0.0466. The minimum absolute atomic E-state index is 0.457. The van der Waals surface area contributed by atoms with Crippen molar-refractivity contribution in [3.05, 3.63) is 65.7 Å². The van der Waals surface area contributed by atoms with Gasteiger partial charge in [0.15, 0.2) is 0 Å². The lowest BCUT2D eigenvalue weighted by Crippen LogP contribution is -2.28. The molecule has 0 saturated carbocycles. The summed E-state index contributed by atoms with van der Waals surface area (Å²) in [6, 6.07) is 17.2. The standard InChI is InChI=1S/C17H19NO2/c1-13-9-11-14(12-10-13)17(2,3)20-16(19)18-15-7-5-4-6-8-15/h4-12H,1-3H3,(H,18,19). The van der Waals surface area contributed by atoms with Gasteiger partial charge in [-0.2, -0.15) is 0 Å². The van der Waals surface area contributed by atoms with Crippen molar-refractivity contribution in [2.45, 2.75) is 26.4 Å². The number of carbonyl (C=O) groups excluding carboxylic acids is 1. The SMILES string of the molecule is Cc1ccc(C(C)(C)OC(=O)Nc2ccccc2)cc1. The predicted molar refractivity (Wildman–Crippen MR) is 80.8 cm³/mol. The minimum atomic E-state index is -0.674. The zero-order valence-electron chi connectivity index (χ0n) is 12.0. The van der Waals surface area contributed by atoms with Gasteiger partial charge < -0.3 is 4.74 Å². The number of nitrogens with one attached hydrogen (secondary N) is 1. The van der Waals surface area contributed by atoms with Crippen molar-refractivity contribution in [2.75, 3.05) is 5.32 Å². The first-order valence-corrected chi connectivity index (χ1v) is 6.59. The molecule has 0 aliphatic rings. The van der Waals surface area contributed by atoms with Crippen LogP contribution in [0, 0.1) is 6.92 Å². The average Bonchev–Trinajstić information content (AvgIpc) is 2.39. The molecule has 3 heteroatoms. The molecule has 0 aliphatic carbocycles. The Labute approximate surface area is 119 Å². The van der Waals surface area contributed by atoms with Gasteiger partial charge in [0.1, 0.15) is 5.60 Å². The fraction of sp³-hybridized carbons (Fsp3) is 0.235. The normalized spacial score (nSPS) is 10.9. The molecule has 3 nitrogen and oxygen atoms in total. The van der Waals surface area contributed by atoms with Gasteiger partial charge in [-0.05, 0) is 38.5 Å². The van der Waals surface area contributed by atoms with Crippen LogP contribution < -0.4 is 5.32 Å². The van der Waals surface area contributed by atoms with Gasteiger partial charge in [-0.15, -0.1) is 0 Å². The van der Waals surface area contributed by atoms with E-state index in [0.29, 0.717) is 0 Å². The van der Waals surface area contributed by atoms with E-state index in [1.807, 2.05) is 75.4 Å². The molecule has 0 aliphatic heterocycles. The Morgan fingerprint density at radius 2 is 1.60 bits per heavy atom. The van der Waals surface area contributed by atoms with Gasteiger partial charge in [-0.25, -0.2) is 4.79 Å². The summed E-state index contributed by atoms with van der Waals surface area (Å²) < 4.78 is 5.52. The van der Waals surface area contributed by atoms with E-state index >= 15 is 0 Å². The molecule has 0 saturated heterocycles. The molecule has 0 spiro atoms. The van der Waals surface area contributed by atoms with Crippen molar-refractivity contribution in [2.24, 2.45) is 0 Å². The maximum absolute atomic E-state index is 11.9. The first-order chi connectivity index (χ1) is 9.47. The largest absolute Gasteiger partial charge is 0.438 e. The average molecular weight is 269 g/mol. The molecule has 2 rings (SSSR count). The Morgan fingerprint density at radius 3 is 2.20 bits per heavy atom. The number of rotatable bonds is 3. The van der Waals surface area contributed by atoms with E-state index in [9.17, 15) is 4.79 Å². The first kappa shape index (κ1) is 14.1. The molecule has 0 bridgehead atoms. The molecule has 0 aromatic heterocycles. The van der Waals surface area contributed by atoms with Crippen LogP contribution in [-0.4, -0.2) is 6.09 Å². The third-order valence-corrected chi connectivity index (χ3v) is 3.11. The minimum Gasteiger partial charge on any atom is -0.438 e. The van der Waals surface area contributed by atoms with Crippen LogP contribution in [0.2, 0.25) is 0 Å². The molecule has 0 fully saturated rings. The topological polar surface area (TPSA) is 38.3 Å². The Kier molecular flexibility index (Phi) is 4.08. The molecule has 1 N–H and O–H groups in total. The summed E-state index contributed by atoms with van der Waals surface area (Å²) >= 11 is 0. The molecule has 1 amide bonds. The summed E-state index contributed by atoms with van der Waals surface area (Å²) in [4.78, 5) is 11.9. The zero-order chi connectivity index (χ0) is 14.6. The first-order valence-electron chi connectivity index (χ1n) is 6.59. The van der Waals surface area contributed by atoms with Crippen LogP contribution in [0.25, 0.3) is 0 Å². The summed E-state index contributed by atoms with van der Waals surface area (Å²) in [5.41, 5.74) is 2.19. The number of para-hydroxylation sites is 1. The molecule has 20 heavy (non-hydrogen) atoms. The summed E-state index contributed by atoms with van der Waals surface area (Å²) in [5.74, 6) is 0. The Bertz CT molecular complexity index is 574. The van der Waals surface area contributed by atoms with Crippen molar-refractivity contribution < 1.29 is 9.53 Å². The van der Waals surface area contributed by atoms with E-state index in [2.05, 4.69) is 5.32 Å². The van der Waals surface area contributed by atoms with E-state index in [-0.39, 0.29) is 0 Å². The van der Waals surface area contributed by atoms with Gasteiger partial charge >= 0.3 is 6.09 Å². The third-order valence-electron chi connectivity index (χ3n) is 3.11. The van der Waals surface area contributed by atoms with Crippen molar-refractivity contribution in [1.29, 1.82) is 0 Å². The lowest BCUT2D eigenvalue weighted by atomic mass is 9.97. The molecular formula is C17H19NO2. The van der Waals surface area contributed by atoms with Gasteiger partial charge in [-0.1, -0.05) is 48.0 Å². The molecule has 104 valence electrons. The Morgan fingerprint density at radius 1 is 1.00 bits per heavy atom. The van der Waals surface area contributed by atoms with Crippen LogP contribution in [0.4, 0.5) is 10.5 Å². The second kappa shape index (κ2) is 5.78. The van der Waals surface area contributed by atoms with E-state index in [1.165, 1.54) is 5.56 Å². The van der Waals surface area contributed by atoms with Crippen molar-refractivity contribution >= 4 is 11.8 Å². The number of hydrogen-bond donors (Lipinski definition) is 1. The molecule has 2 aromatic rings. The van der Waals surface area contributed by atoms with E-state index < -0.39 is 11.7 Å². The third kappa shape index (κ3) is 3.60. The van der Waals surface area contributed by atoms with Crippen molar-refractivity contribution in [3.8, 4) is 0 Å². The number of aryl methyl sites for hydroxylation is 1. The Hall–Kier alpha value is -2.29. The van der Waals surface area contributed by atoms with Gasteiger partial charge in [0.25, 0.3) is 0 Å². The second-order valence-electron chi connectivity index (χ2n) is 5.26. The summed E-state index contributed by atoms with van der Waals surface area (Å²) in [5, 5.41) is 2.72. The van der Waals surface area contributed by atoms with Crippen molar-refractivity contribution in [3.63, 3.8) is 0 Å². The molecule has 0 radical (unpaired) electrons. The van der Waals surface area contributed by atoms with Gasteiger partial charge in [0.05, 0.1) is 0 Å². The van der Waals surface area contributed by atoms with Gasteiger partial charge in [0.2, 0.25) is 0 Å². The number of ether oxygens (including phenoxy) is 1. The van der Waals surface area contributed by atoms with Gasteiger partial charge in [-0.3, -0.25) is 5.32 Å². The van der Waals surface area contributed by atoms with E-state index in [1.54, 1.807) is 0 Å². The van der Waals surface area contributed by atoms with Gasteiger partial charge in [0, 0.05) is 5.69 Å². The predicted octanol–water partition coefficient (Wildman–Crippen LogP) is 4.48. The van der Waals surface area contributed by atoms with Crippen LogP contribution in [-0.2, 0) is 10.3 Å². The highest BCUT2D eigenvalue weighted by molar-refractivity contribution is 5.84. The second-order valence-corrected chi connectivity index (χ2v) is 5.26. The number of amides is 1. The monoisotopic (exact) mass is 269 g/mol. The summed E-state index contributed by atoms with van der Waals surface area (Å²) in [7, 11) is 0. The van der Waals surface area contributed by atoms with Crippen LogP contribution in [0.3, 0.4) is 0 Å². The summed E-state index contributed by atoms with van der Waals surface area (Å²) in [6.07, 6.45) is -0.457. The highest BCUT2D eigenvalue weighted by atomic mass is 16.6. The zero-order valence-corrected chi connectivity index (χ0v) is 12.0. The van der Waals surface area contributed by atoms with E-state index in [0.717, 1.165) is 11.3 Å². The Balaban J connectivity index is 2.04. The number of anilines is 1. The fourth-order valence-corrected chi connectivity index (χ4v) is 1.91. The van der Waals surface area contributed by atoms with E-state index in [4.69, 9.17) is 4.74 Å². The number of hydrogen-bond acceptors (Lipinski definition) is 2. The van der Waals surface area contributed by atoms with Crippen LogP contribution in [0.1, 0.15) is 25.0 Å². The van der Waals surface area contributed by atoms with Crippen molar-refractivity contribution in [1.82, 2.24) is 0 Å². The van der Waals surface area contributed by atoms with Crippen LogP contribution in [0.15, 0.2) is 54.6 Å². The highest BCUT2D eigenvalue weighted by Gasteiger charge is 2.25. The highest BCUT2D eigenvalue weighted by Crippen LogP contribution is 2.25. The molecule has 0 atom stereocenters. The maximum Gasteiger partial charge on any atom is 0.412 e. The summed E-state index contributed by atoms with van der Waals surface area (Å²) in [6.45, 7) is 5.78. The molecular weight excluding hydrogens is 250 g/mol. The van der Waals surface area contributed by atoms with Crippen LogP contribution >= 0.6 is 0 Å². The number of carbonyl (C=O) groups is 1. The smallest absolute Gasteiger partial charge is 0.412 e. The number of benzene rings is 2. The lowest BCUT2D eigenvalue weighted by Gasteiger charge is -2.25.